The van der Waals surface area contributed by atoms with Gasteiger partial charge in [0.25, 0.3) is 0 Å². The summed E-state index contributed by atoms with van der Waals surface area (Å²) in [7, 11) is -5.90. The molecule has 5 nitrogen and oxygen atoms in total. The summed E-state index contributed by atoms with van der Waals surface area (Å²) >= 11 is 0. The van der Waals surface area contributed by atoms with E-state index in [0.717, 1.165) is 0 Å². The van der Waals surface area contributed by atoms with E-state index in [1.807, 2.05) is 0 Å². The van der Waals surface area contributed by atoms with Crippen LogP contribution in [0.4, 0.5) is 0 Å². The van der Waals surface area contributed by atoms with E-state index >= 15 is 0 Å². The van der Waals surface area contributed by atoms with Crippen LogP contribution in [0.5, 0.6) is 0 Å². The van der Waals surface area contributed by atoms with Crippen LogP contribution in [0.1, 0.15) is 1.43 Å². The number of hydrogen-bond donors (Lipinski definition) is 0. The molecule has 0 aromatic heterocycles. The van der Waals surface area contributed by atoms with Crippen LogP contribution < -0.4 is 118 Å². The third kappa shape index (κ3) is 31.4. The quantitative estimate of drug-likeness (QED) is 0.256. The van der Waals surface area contributed by atoms with Gasteiger partial charge in [0.15, 0.2) is 0 Å². The Labute approximate surface area is 159 Å². The van der Waals surface area contributed by atoms with E-state index in [1.54, 1.807) is 0 Å². The standard InChI is InChI=1S/4Na.H2O4S2.H2O.H/c;;;;1-5(2)6(3)4;;/h;;;;(H,1,2)(H,3,4);1H2;/q4*+1;;;-1/p-3. The van der Waals surface area contributed by atoms with E-state index < -0.39 is 20.2 Å². The predicted molar refractivity (Wildman–Crippen MR) is 20.9 cm³/mol. The van der Waals surface area contributed by atoms with Gasteiger partial charge in [-0.15, -0.1) is 0 Å². The number of rotatable bonds is 1. The molecule has 0 aromatic rings. The van der Waals surface area contributed by atoms with Crippen molar-refractivity contribution in [3.8, 4) is 0 Å². The maximum Gasteiger partial charge on any atom is 1.00 e. The fourth-order valence-corrected chi connectivity index (χ4v) is 0. The molecular formula is H2Na4O5S2. The van der Waals surface area contributed by atoms with Gasteiger partial charge in [0.1, 0.15) is 0 Å². The Morgan fingerprint density at radius 1 is 0.818 bits per heavy atom. The first-order chi connectivity index (χ1) is 2.64. The summed E-state index contributed by atoms with van der Waals surface area (Å²) in [5, 5.41) is 0. The van der Waals surface area contributed by atoms with Gasteiger partial charge in [-0.3, -0.25) is 8.42 Å². The molecule has 0 amide bonds. The van der Waals surface area contributed by atoms with Gasteiger partial charge in [-0.25, -0.2) is 0 Å². The van der Waals surface area contributed by atoms with Gasteiger partial charge in [-0.1, -0.05) is 0 Å². The second-order valence-electron chi connectivity index (χ2n) is 0.408. The minimum Gasteiger partial charge on any atom is -1.00 e. The SMILES string of the molecule is O=S([O-])S(=O)[O-].[H-].[Na+].[Na+].[Na+].[Na+].[OH-]. The third-order valence-corrected chi connectivity index (χ3v) is 1.00. The van der Waals surface area contributed by atoms with Crippen molar-refractivity contribution in [1.82, 2.24) is 0 Å². The van der Waals surface area contributed by atoms with Crippen molar-refractivity contribution in [2.45, 2.75) is 0 Å². The molecule has 0 aliphatic rings. The first-order valence-electron chi connectivity index (χ1n) is 0.833. The molecule has 0 aliphatic heterocycles. The molecule has 11 heteroatoms. The molecule has 0 radical (unpaired) electrons. The van der Waals surface area contributed by atoms with Crippen molar-refractivity contribution in [1.29, 1.82) is 0 Å². The molecule has 0 saturated carbocycles. The smallest absolute Gasteiger partial charge is 1.00 e. The predicted octanol–water partition coefficient (Wildman–Crippen LogP) is -13.4. The van der Waals surface area contributed by atoms with E-state index in [0.29, 0.717) is 0 Å². The Morgan fingerprint density at radius 3 is 0.909 bits per heavy atom. The van der Waals surface area contributed by atoms with Crippen molar-refractivity contribution >= 4 is 20.2 Å². The molecule has 2 atom stereocenters. The molecule has 11 heavy (non-hydrogen) atoms. The molecule has 48 valence electrons. The monoisotopic (exact) mass is 238 g/mol. The van der Waals surface area contributed by atoms with E-state index in [2.05, 4.69) is 0 Å². The molecule has 2 unspecified atom stereocenters. The molecule has 0 saturated heterocycles. The molecule has 0 heterocycles. The molecule has 0 bridgehead atoms. The zero-order valence-corrected chi connectivity index (χ0v) is 16.5. The molecule has 0 aromatic carbocycles. The molecule has 0 rings (SSSR count). The van der Waals surface area contributed by atoms with E-state index in [9.17, 15) is 0 Å². The van der Waals surface area contributed by atoms with Gasteiger partial charge < -0.3 is 16.0 Å². The van der Waals surface area contributed by atoms with Crippen LogP contribution >= 0.6 is 0 Å². The van der Waals surface area contributed by atoms with Crippen LogP contribution in [0, 0.1) is 0 Å². The zero-order chi connectivity index (χ0) is 5.15. The van der Waals surface area contributed by atoms with Crippen molar-refractivity contribution in [2.75, 3.05) is 0 Å². The minimum absolute atomic E-state index is 0. The topological polar surface area (TPSA) is 110 Å². The fourth-order valence-electron chi connectivity index (χ4n) is 0. The fraction of sp³-hybridized carbons (Fsp3) is 0. The van der Waals surface area contributed by atoms with Gasteiger partial charge in [0, 0.05) is 20.2 Å². The third-order valence-electron chi connectivity index (χ3n) is 0.111. The Morgan fingerprint density at radius 2 is 0.909 bits per heavy atom. The van der Waals surface area contributed by atoms with Crippen LogP contribution in [-0.4, -0.2) is 23.0 Å². The Hall–Kier alpha value is 4.18. The van der Waals surface area contributed by atoms with Crippen LogP contribution in [0.15, 0.2) is 0 Å². The van der Waals surface area contributed by atoms with Crippen molar-refractivity contribution in [3.05, 3.63) is 0 Å². The Balaban J connectivity index is -0.00000000833. The second-order valence-corrected chi connectivity index (χ2v) is 2.86. The van der Waals surface area contributed by atoms with Gasteiger partial charge in [-0.05, 0) is 0 Å². The van der Waals surface area contributed by atoms with Crippen molar-refractivity contribution in [3.63, 3.8) is 0 Å². The average molecular weight is 238 g/mol. The zero-order valence-electron chi connectivity index (χ0n) is 7.90. The van der Waals surface area contributed by atoms with Crippen LogP contribution in [0.2, 0.25) is 0 Å². The maximum absolute atomic E-state index is 9.09. The Kier molecular flexibility index (Phi) is 78.3. The summed E-state index contributed by atoms with van der Waals surface area (Å²) in [6, 6.07) is 0. The summed E-state index contributed by atoms with van der Waals surface area (Å²) < 4.78 is 36.3. The minimum atomic E-state index is -2.95. The molecule has 0 spiro atoms. The molecule has 0 fully saturated rings. The molecule has 1 N–H and O–H groups in total. The van der Waals surface area contributed by atoms with Gasteiger partial charge in [-0.2, -0.15) is 0 Å². The summed E-state index contributed by atoms with van der Waals surface area (Å²) in [4.78, 5) is 0. The maximum atomic E-state index is 9.09. The van der Waals surface area contributed by atoms with Gasteiger partial charge in [0.2, 0.25) is 0 Å². The Bertz CT molecular complexity index is 87.4. The van der Waals surface area contributed by atoms with E-state index in [1.165, 1.54) is 0 Å². The first kappa shape index (κ1) is 36.2. The summed E-state index contributed by atoms with van der Waals surface area (Å²) in [6.45, 7) is 0. The van der Waals surface area contributed by atoms with Gasteiger partial charge >= 0.3 is 118 Å². The largest absolute Gasteiger partial charge is 1.00 e. The average Bonchev–Trinajstić information content (AvgIpc) is 1.36. The summed E-state index contributed by atoms with van der Waals surface area (Å²) in [6.07, 6.45) is 0. The molecule has 0 aliphatic carbocycles. The normalized spacial score (nSPS) is 10.7. The van der Waals surface area contributed by atoms with Gasteiger partial charge in [0.05, 0.1) is 0 Å². The molecular weight excluding hydrogens is 236 g/mol. The van der Waals surface area contributed by atoms with E-state index in [4.69, 9.17) is 17.5 Å². The van der Waals surface area contributed by atoms with Crippen LogP contribution in [0.3, 0.4) is 0 Å². The summed E-state index contributed by atoms with van der Waals surface area (Å²) in [5.41, 5.74) is 0. The van der Waals surface area contributed by atoms with Crippen LogP contribution in [0.25, 0.3) is 0 Å². The first-order valence-corrected chi connectivity index (χ1v) is 3.50. The second kappa shape index (κ2) is 23.8. The summed E-state index contributed by atoms with van der Waals surface area (Å²) in [5.74, 6) is 0. The van der Waals surface area contributed by atoms with Crippen molar-refractivity contribution < 1.29 is 143 Å². The van der Waals surface area contributed by atoms with E-state index in [-0.39, 0.29) is 125 Å². The van der Waals surface area contributed by atoms with Crippen molar-refractivity contribution in [2.24, 2.45) is 0 Å². The number of hydrogen-bond acceptors (Lipinski definition) is 5. The van der Waals surface area contributed by atoms with Crippen LogP contribution in [-0.2, 0) is 20.2 Å².